The van der Waals surface area contributed by atoms with E-state index in [0.29, 0.717) is 37.6 Å². The maximum atomic E-state index is 11.7. The van der Waals surface area contributed by atoms with Gasteiger partial charge in [-0.3, -0.25) is 0 Å². The van der Waals surface area contributed by atoms with Crippen molar-refractivity contribution in [1.82, 2.24) is 20.6 Å². The number of benzene rings is 1. The van der Waals surface area contributed by atoms with Gasteiger partial charge in [0.15, 0.2) is 37.9 Å². The van der Waals surface area contributed by atoms with E-state index in [1.807, 2.05) is 53.8 Å². The lowest BCUT2D eigenvalue weighted by molar-refractivity contribution is -0.690. The number of carbonyl (C=O) groups excluding carboxylic acids is 2. The standard InChI is InChI=1S/C26H32N6O4/c1-3-8-29-25(33)35-19-23-17-31(12-10-27-23)15-21-6-5-7-22(14-21)16-32-13-11-28-24(18-32)20-36-26(34)30-9-4-2/h5-7,10-14,17-18H,3-4,8-9,15-16,19-20H2,1-2H3/p+2. The summed E-state index contributed by atoms with van der Waals surface area (Å²) in [5, 5.41) is 5.36. The molecule has 0 fully saturated rings. The first-order chi connectivity index (χ1) is 17.6. The Morgan fingerprint density at radius 3 is 1.72 bits per heavy atom. The molecule has 2 N–H and O–H groups in total. The highest BCUT2D eigenvalue weighted by molar-refractivity contribution is 5.67. The molecule has 0 atom stereocenters. The van der Waals surface area contributed by atoms with E-state index in [2.05, 4.69) is 38.8 Å². The molecule has 3 rings (SSSR count). The van der Waals surface area contributed by atoms with Gasteiger partial charge in [0.1, 0.15) is 24.6 Å². The lowest BCUT2D eigenvalue weighted by Gasteiger charge is -2.06. The molecule has 190 valence electrons. The van der Waals surface area contributed by atoms with Crippen LogP contribution in [0.5, 0.6) is 0 Å². The zero-order chi connectivity index (χ0) is 25.6. The molecule has 0 aliphatic heterocycles. The number of alkyl carbamates (subject to hydrolysis) is 2. The lowest BCUT2D eigenvalue weighted by atomic mass is 10.1. The highest BCUT2D eigenvalue weighted by Gasteiger charge is 2.11. The molecule has 0 bridgehead atoms. The fourth-order valence-corrected chi connectivity index (χ4v) is 3.39. The zero-order valence-corrected chi connectivity index (χ0v) is 20.9. The second-order valence-corrected chi connectivity index (χ2v) is 8.27. The van der Waals surface area contributed by atoms with Crippen LogP contribution in [0.15, 0.2) is 61.4 Å². The van der Waals surface area contributed by atoms with Crippen LogP contribution in [-0.4, -0.2) is 35.2 Å². The van der Waals surface area contributed by atoms with Gasteiger partial charge in [0.2, 0.25) is 0 Å². The molecule has 3 aromatic rings. The number of hydrogen-bond donors (Lipinski definition) is 2. The molecule has 0 spiro atoms. The average molecular weight is 495 g/mol. The van der Waals surface area contributed by atoms with Gasteiger partial charge in [-0.1, -0.05) is 32.0 Å². The van der Waals surface area contributed by atoms with Crippen molar-refractivity contribution in [2.45, 2.75) is 53.0 Å². The van der Waals surface area contributed by atoms with Gasteiger partial charge in [-0.25, -0.2) is 19.6 Å². The van der Waals surface area contributed by atoms with Gasteiger partial charge >= 0.3 is 12.2 Å². The molecule has 0 aliphatic carbocycles. The summed E-state index contributed by atoms with van der Waals surface area (Å²) in [6.07, 6.45) is 11.7. The van der Waals surface area contributed by atoms with Crippen molar-refractivity contribution in [3.8, 4) is 0 Å². The highest BCUT2D eigenvalue weighted by atomic mass is 16.6. The minimum absolute atomic E-state index is 0.113. The van der Waals surface area contributed by atoms with Crippen LogP contribution in [0.1, 0.15) is 49.2 Å². The van der Waals surface area contributed by atoms with E-state index < -0.39 is 12.2 Å². The van der Waals surface area contributed by atoms with Gasteiger partial charge in [0.05, 0.1) is 12.4 Å². The van der Waals surface area contributed by atoms with E-state index in [0.717, 1.165) is 24.0 Å². The third-order valence-corrected chi connectivity index (χ3v) is 5.09. The second kappa shape index (κ2) is 14.3. The fraction of sp³-hybridized carbons (Fsp3) is 0.385. The third kappa shape index (κ3) is 9.28. The molecule has 0 aliphatic rings. The normalized spacial score (nSPS) is 10.5. The molecule has 0 saturated carbocycles. The van der Waals surface area contributed by atoms with Crippen molar-refractivity contribution >= 4 is 12.2 Å². The number of carbonyl (C=O) groups is 2. The summed E-state index contributed by atoms with van der Waals surface area (Å²) >= 11 is 0. The number of nitrogens with one attached hydrogen (secondary N) is 2. The van der Waals surface area contributed by atoms with Crippen molar-refractivity contribution < 1.29 is 28.2 Å². The van der Waals surface area contributed by atoms with Gasteiger partial charge in [0.25, 0.3) is 0 Å². The van der Waals surface area contributed by atoms with E-state index in [1.165, 1.54) is 0 Å². The Labute approximate surface area is 211 Å². The Hall–Kier alpha value is -4.08. The molecule has 2 aromatic heterocycles. The minimum Gasteiger partial charge on any atom is -0.443 e. The number of ether oxygens (including phenoxy) is 2. The maximum absolute atomic E-state index is 11.7. The second-order valence-electron chi connectivity index (χ2n) is 8.27. The zero-order valence-electron chi connectivity index (χ0n) is 20.9. The van der Waals surface area contributed by atoms with Crippen molar-refractivity contribution in [2.75, 3.05) is 13.1 Å². The van der Waals surface area contributed by atoms with E-state index in [1.54, 1.807) is 12.4 Å². The number of hydrogen-bond acceptors (Lipinski definition) is 6. The van der Waals surface area contributed by atoms with Crippen molar-refractivity contribution in [1.29, 1.82) is 0 Å². The van der Waals surface area contributed by atoms with Crippen LogP contribution in [0, 0.1) is 0 Å². The molecule has 1 aromatic carbocycles. The smallest absolute Gasteiger partial charge is 0.407 e. The van der Waals surface area contributed by atoms with Crippen LogP contribution < -0.4 is 19.8 Å². The van der Waals surface area contributed by atoms with E-state index in [9.17, 15) is 9.59 Å². The molecular weight excluding hydrogens is 460 g/mol. The molecule has 10 nitrogen and oxygen atoms in total. The van der Waals surface area contributed by atoms with Gasteiger partial charge < -0.3 is 20.1 Å². The fourth-order valence-electron chi connectivity index (χ4n) is 3.39. The lowest BCUT2D eigenvalue weighted by Crippen LogP contribution is -2.36. The van der Waals surface area contributed by atoms with Crippen LogP contribution in [-0.2, 0) is 35.8 Å². The van der Waals surface area contributed by atoms with Gasteiger partial charge in [0, 0.05) is 24.2 Å². The number of nitrogens with zero attached hydrogens (tertiary/aromatic N) is 4. The summed E-state index contributed by atoms with van der Waals surface area (Å²) in [5.41, 5.74) is 3.60. The SMILES string of the molecule is CCCNC(=O)OCc1c[n+](Cc2cccc(C[n+]3ccnc(COC(=O)NCCC)c3)c2)ccn1. The molecule has 0 radical (unpaired) electrons. The van der Waals surface area contributed by atoms with E-state index in [4.69, 9.17) is 9.47 Å². The molecule has 2 heterocycles. The Morgan fingerprint density at radius 2 is 1.28 bits per heavy atom. The van der Waals surface area contributed by atoms with Crippen LogP contribution in [0.25, 0.3) is 0 Å². The Balaban J connectivity index is 1.57. The largest absolute Gasteiger partial charge is 0.443 e. The molecule has 0 unspecified atom stereocenters. The first-order valence-corrected chi connectivity index (χ1v) is 12.1. The monoisotopic (exact) mass is 494 g/mol. The summed E-state index contributed by atoms with van der Waals surface area (Å²) in [5.74, 6) is 0. The number of amides is 2. The van der Waals surface area contributed by atoms with Gasteiger partial charge in [-0.05, 0) is 18.9 Å². The van der Waals surface area contributed by atoms with Crippen molar-refractivity contribution in [3.05, 3.63) is 84.0 Å². The summed E-state index contributed by atoms with van der Waals surface area (Å²) in [4.78, 5) is 31.9. The number of aromatic nitrogens is 4. The van der Waals surface area contributed by atoms with E-state index in [-0.39, 0.29) is 13.2 Å². The van der Waals surface area contributed by atoms with Gasteiger partial charge in [-0.15, -0.1) is 0 Å². The molecule has 0 saturated heterocycles. The molecular formula is C26H34N6O4+2. The topological polar surface area (TPSA) is 110 Å². The van der Waals surface area contributed by atoms with Gasteiger partial charge in [-0.2, -0.15) is 9.13 Å². The average Bonchev–Trinajstić information content (AvgIpc) is 2.89. The molecule has 10 heteroatoms. The Kier molecular flexibility index (Phi) is 10.6. The number of rotatable bonds is 12. The Morgan fingerprint density at radius 1 is 0.806 bits per heavy atom. The first-order valence-electron chi connectivity index (χ1n) is 12.1. The van der Waals surface area contributed by atoms with Crippen LogP contribution >= 0.6 is 0 Å². The van der Waals surface area contributed by atoms with Crippen LogP contribution in [0.4, 0.5) is 9.59 Å². The van der Waals surface area contributed by atoms with Crippen molar-refractivity contribution in [3.63, 3.8) is 0 Å². The highest BCUT2D eigenvalue weighted by Crippen LogP contribution is 2.06. The third-order valence-electron chi connectivity index (χ3n) is 5.09. The quantitative estimate of drug-likeness (QED) is 0.374. The predicted molar refractivity (Wildman–Crippen MR) is 130 cm³/mol. The van der Waals surface area contributed by atoms with Crippen LogP contribution in [0.3, 0.4) is 0 Å². The summed E-state index contributed by atoms with van der Waals surface area (Å²) in [7, 11) is 0. The minimum atomic E-state index is -0.440. The summed E-state index contributed by atoms with van der Waals surface area (Å²) in [6.45, 7) is 6.66. The van der Waals surface area contributed by atoms with E-state index >= 15 is 0 Å². The van der Waals surface area contributed by atoms with Crippen molar-refractivity contribution in [2.24, 2.45) is 0 Å². The first kappa shape index (κ1) is 26.5. The summed E-state index contributed by atoms with van der Waals surface area (Å²) < 4.78 is 14.4. The maximum Gasteiger partial charge on any atom is 0.407 e. The Bertz CT molecular complexity index is 1060. The molecule has 36 heavy (non-hydrogen) atoms. The van der Waals surface area contributed by atoms with Crippen LogP contribution in [0.2, 0.25) is 0 Å². The predicted octanol–water partition coefficient (Wildman–Crippen LogP) is 2.42. The summed E-state index contributed by atoms with van der Waals surface area (Å²) in [6, 6.07) is 8.30. The molecule has 2 amide bonds.